The van der Waals surface area contributed by atoms with Crippen LogP contribution >= 0.6 is 0 Å². The molecule has 0 fully saturated rings. The second-order valence-electron chi connectivity index (χ2n) is 13.0. The molecule has 1 aliphatic rings. The van der Waals surface area contributed by atoms with E-state index < -0.39 is 20.2 Å². The van der Waals surface area contributed by atoms with Crippen molar-refractivity contribution < 1.29 is 18.8 Å². The van der Waals surface area contributed by atoms with Gasteiger partial charge in [0, 0.05) is 13.0 Å². The summed E-state index contributed by atoms with van der Waals surface area (Å²) in [6.45, 7) is 7.96. The van der Waals surface area contributed by atoms with Crippen LogP contribution in [0, 0.1) is 5.92 Å². The molecule has 6 heteroatoms. The zero-order valence-corrected chi connectivity index (χ0v) is 27.8. The minimum absolute atomic E-state index is 0.0293. The van der Waals surface area contributed by atoms with E-state index in [0.29, 0.717) is 26.0 Å². The van der Waals surface area contributed by atoms with Crippen LogP contribution in [0.5, 0.6) is 0 Å². The summed E-state index contributed by atoms with van der Waals surface area (Å²) < 4.78 is 12.9. The van der Waals surface area contributed by atoms with Crippen LogP contribution in [-0.4, -0.2) is 40.4 Å². The van der Waals surface area contributed by atoms with Gasteiger partial charge in [0.15, 0.2) is 5.92 Å². The summed E-state index contributed by atoms with van der Waals surface area (Å²) in [5.74, 6) is -1.71. The summed E-state index contributed by atoms with van der Waals surface area (Å²) in [4.78, 5) is 27.8. The fourth-order valence-electron chi connectivity index (χ4n) is 6.48. The molecule has 232 valence electrons. The molecule has 0 spiro atoms. The summed E-state index contributed by atoms with van der Waals surface area (Å²) >= 11 is 0. The van der Waals surface area contributed by atoms with Crippen LogP contribution in [0.15, 0.2) is 133 Å². The molecule has 2 atom stereocenters. The predicted molar refractivity (Wildman–Crippen MR) is 185 cm³/mol. The van der Waals surface area contributed by atoms with Crippen molar-refractivity contribution in [3.05, 3.63) is 139 Å². The van der Waals surface area contributed by atoms with E-state index >= 15 is 0 Å². The third kappa shape index (κ3) is 6.94. The minimum Gasteiger partial charge on any atom is -0.460 e. The number of rotatable bonds is 10. The first-order valence-corrected chi connectivity index (χ1v) is 17.7. The molecular weight excluding hydrogens is 575 g/mol. The molecule has 0 N–H and O–H groups in total. The summed E-state index contributed by atoms with van der Waals surface area (Å²) in [6, 6.07) is 40.5. The van der Waals surface area contributed by atoms with Gasteiger partial charge in [0.1, 0.15) is 12.3 Å². The number of para-hydroxylation sites is 1. The summed E-state index contributed by atoms with van der Waals surface area (Å²) in [5, 5.41) is 2.31. The Morgan fingerprint density at radius 3 is 1.84 bits per heavy atom. The van der Waals surface area contributed by atoms with Gasteiger partial charge in [0.05, 0.1) is 13.6 Å². The Balaban J connectivity index is 1.44. The highest BCUT2D eigenvalue weighted by molar-refractivity contribution is 6.99. The number of ether oxygens (including phenoxy) is 1. The second kappa shape index (κ2) is 13.9. The van der Waals surface area contributed by atoms with E-state index in [-0.39, 0.29) is 22.0 Å². The van der Waals surface area contributed by atoms with Gasteiger partial charge in [-0.15, -0.1) is 0 Å². The van der Waals surface area contributed by atoms with Crippen molar-refractivity contribution in [3.63, 3.8) is 0 Å². The SMILES string of the molecule is CC(C)(C)[Si](OCCC1=CC(C(=O)OCc2ccccc2)C(=O)[N+](C)(c2ccccc2)CC1)(c1ccccc1)c1ccccc1. The van der Waals surface area contributed by atoms with Crippen LogP contribution in [0.1, 0.15) is 39.2 Å². The smallest absolute Gasteiger partial charge is 0.336 e. The van der Waals surface area contributed by atoms with E-state index in [2.05, 4.69) is 69.3 Å². The summed E-state index contributed by atoms with van der Waals surface area (Å²) in [6.07, 6.45) is 3.15. The zero-order valence-electron chi connectivity index (χ0n) is 26.8. The van der Waals surface area contributed by atoms with Gasteiger partial charge in [-0.05, 0) is 39.5 Å². The molecule has 1 amide bonds. The molecule has 0 bridgehead atoms. The largest absolute Gasteiger partial charge is 0.460 e. The highest BCUT2D eigenvalue weighted by Crippen LogP contribution is 2.37. The van der Waals surface area contributed by atoms with E-state index in [4.69, 9.17) is 9.16 Å². The molecule has 0 saturated heterocycles. The van der Waals surface area contributed by atoms with Gasteiger partial charge < -0.3 is 9.16 Å². The zero-order chi connectivity index (χ0) is 31.9. The molecule has 45 heavy (non-hydrogen) atoms. The van der Waals surface area contributed by atoms with Crippen LogP contribution < -0.4 is 14.9 Å². The molecule has 4 aromatic carbocycles. The average Bonchev–Trinajstić information content (AvgIpc) is 3.19. The van der Waals surface area contributed by atoms with Gasteiger partial charge in [-0.2, -0.15) is 0 Å². The first-order chi connectivity index (χ1) is 21.6. The van der Waals surface area contributed by atoms with Crippen molar-refractivity contribution >= 4 is 36.3 Å². The van der Waals surface area contributed by atoms with Crippen molar-refractivity contribution in [1.29, 1.82) is 0 Å². The van der Waals surface area contributed by atoms with Gasteiger partial charge in [-0.1, -0.05) is 142 Å². The molecule has 2 unspecified atom stereocenters. The molecule has 5 rings (SSSR count). The Hall–Kier alpha value is -4.10. The lowest BCUT2D eigenvalue weighted by molar-refractivity contribution is -0.153. The van der Waals surface area contributed by atoms with Crippen LogP contribution in [0.2, 0.25) is 5.04 Å². The number of carbonyl (C=O) groups excluding carboxylic acids is 2. The topological polar surface area (TPSA) is 52.6 Å². The Bertz CT molecular complexity index is 1560. The lowest BCUT2D eigenvalue weighted by atomic mass is 10.0. The number of nitrogens with zero attached hydrogens (tertiary/aromatic N) is 1. The number of esters is 1. The van der Waals surface area contributed by atoms with Gasteiger partial charge in [0.25, 0.3) is 8.32 Å². The number of hydrogen-bond donors (Lipinski definition) is 0. The first-order valence-electron chi connectivity index (χ1n) is 15.8. The Morgan fingerprint density at radius 2 is 1.31 bits per heavy atom. The quantitative estimate of drug-likeness (QED) is 0.0645. The summed E-state index contributed by atoms with van der Waals surface area (Å²) in [7, 11) is -0.812. The molecule has 0 aromatic heterocycles. The molecule has 1 aliphatic heterocycles. The fourth-order valence-corrected chi connectivity index (χ4v) is 11.0. The van der Waals surface area contributed by atoms with Crippen LogP contribution in [-0.2, 0) is 25.4 Å². The monoisotopic (exact) mass is 618 g/mol. The third-order valence-corrected chi connectivity index (χ3v) is 14.0. The molecule has 1 heterocycles. The minimum atomic E-state index is -2.72. The Morgan fingerprint density at radius 1 is 0.800 bits per heavy atom. The first kappa shape index (κ1) is 32.3. The number of carbonyl (C=O) groups is 2. The van der Waals surface area contributed by atoms with Crippen molar-refractivity contribution in [2.75, 3.05) is 20.2 Å². The van der Waals surface area contributed by atoms with Gasteiger partial charge in [-0.25, -0.2) is 9.28 Å². The maximum Gasteiger partial charge on any atom is 0.336 e. The number of quaternary nitrogens is 1. The highest BCUT2D eigenvalue weighted by Gasteiger charge is 2.50. The van der Waals surface area contributed by atoms with Crippen LogP contribution in [0.4, 0.5) is 5.69 Å². The molecule has 0 radical (unpaired) electrons. The fraction of sp³-hybridized carbons (Fsp3) is 0.282. The van der Waals surface area contributed by atoms with Gasteiger partial charge in [0.2, 0.25) is 0 Å². The van der Waals surface area contributed by atoms with Gasteiger partial charge in [-0.3, -0.25) is 4.79 Å². The maximum absolute atomic E-state index is 14.2. The normalized spacial score (nSPS) is 19.0. The number of benzene rings is 4. The predicted octanol–water partition coefficient (Wildman–Crippen LogP) is 6.81. The van der Waals surface area contributed by atoms with E-state index in [1.54, 1.807) is 0 Å². The molecule has 0 aliphatic carbocycles. The number of amides is 1. The second-order valence-corrected chi connectivity index (χ2v) is 17.3. The van der Waals surface area contributed by atoms with E-state index in [9.17, 15) is 9.59 Å². The molecule has 4 aromatic rings. The standard InChI is InChI=1S/C39H44NO4Si/c1-39(2,3)45(34-21-13-7-14-22-34,35-23-15-8-16-24-35)44-28-26-31-25-27-40(4,33-19-11-6-12-20-33)37(41)36(29-31)38(42)43-30-32-17-9-5-10-18-32/h5-24,29,36H,25-28,30H2,1-4H3/q+1. The van der Waals surface area contributed by atoms with Crippen molar-refractivity contribution in [2.45, 2.75) is 45.3 Å². The van der Waals surface area contributed by atoms with Crippen molar-refractivity contribution in [3.8, 4) is 0 Å². The van der Waals surface area contributed by atoms with E-state index in [1.165, 1.54) is 10.4 Å². The van der Waals surface area contributed by atoms with Crippen LogP contribution in [0.25, 0.3) is 0 Å². The van der Waals surface area contributed by atoms with E-state index in [0.717, 1.165) is 16.8 Å². The Kier molecular flexibility index (Phi) is 9.98. The molecule has 0 saturated carbocycles. The summed E-state index contributed by atoms with van der Waals surface area (Å²) in [5.41, 5.74) is 2.79. The van der Waals surface area contributed by atoms with Gasteiger partial charge >= 0.3 is 11.9 Å². The highest BCUT2D eigenvalue weighted by atomic mass is 28.4. The lowest BCUT2D eigenvalue weighted by Crippen LogP contribution is -2.66. The lowest BCUT2D eigenvalue weighted by Gasteiger charge is -2.43. The van der Waals surface area contributed by atoms with Crippen molar-refractivity contribution in [2.24, 2.45) is 5.92 Å². The molecular formula is C39H44NO4Si+. The van der Waals surface area contributed by atoms with E-state index in [1.807, 2.05) is 85.9 Å². The third-order valence-electron chi connectivity index (χ3n) is 9.00. The van der Waals surface area contributed by atoms with Crippen molar-refractivity contribution in [1.82, 2.24) is 4.48 Å². The van der Waals surface area contributed by atoms with Crippen LogP contribution in [0.3, 0.4) is 0 Å². The average molecular weight is 619 g/mol. The maximum atomic E-state index is 14.2. The Labute approximate surface area is 268 Å². The molecule has 5 nitrogen and oxygen atoms in total. The number of hydrogen-bond acceptors (Lipinski definition) is 4.